The summed E-state index contributed by atoms with van der Waals surface area (Å²) < 4.78 is 1.98. The van der Waals surface area contributed by atoms with E-state index in [-0.39, 0.29) is 11.8 Å². The van der Waals surface area contributed by atoms with E-state index in [4.69, 9.17) is 0 Å². The van der Waals surface area contributed by atoms with E-state index < -0.39 is 0 Å². The maximum absolute atomic E-state index is 9.17. The van der Waals surface area contributed by atoms with Gasteiger partial charge in [-0.25, -0.2) is 4.98 Å². The fraction of sp³-hybridized carbons (Fsp3) is 0.250. The number of hydrogen-bond acceptors (Lipinski definition) is 3. The highest BCUT2D eigenvalue weighted by Gasteiger charge is 2.09. The zero-order valence-electron chi connectivity index (χ0n) is 9.38. The van der Waals surface area contributed by atoms with Gasteiger partial charge >= 0.3 is 0 Å². The zero-order valence-corrected chi connectivity index (χ0v) is 9.38. The van der Waals surface area contributed by atoms with Gasteiger partial charge in [0.15, 0.2) is 0 Å². The third-order valence-corrected chi connectivity index (χ3v) is 2.50. The fourth-order valence-electron chi connectivity index (χ4n) is 1.67. The molecule has 16 heavy (non-hydrogen) atoms. The molecule has 0 radical (unpaired) electrons. The third-order valence-electron chi connectivity index (χ3n) is 2.50. The molecule has 0 saturated heterocycles. The zero-order chi connectivity index (χ0) is 11.5. The summed E-state index contributed by atoms with van der Waals surface area (Å²) in [6.45, 7) is 2.05. The summed E-state index contributed by atoms with van der Waals surface area (Å²) in [5.41, 5.74) is 0.966. The first-order valence-electron chi connectivity index (χ1n) is 5.19. The van der Waals surface area contributed by atoms with Crippen LogP contribution in [0.5, 0.6) is 5.75 Å². The maximum atomic E-state index is 9.17. The molecule has 0 bridgehead atoms. The number of imidazole rings is 1. The van der Waals surface area contributed by atoms with Crippen LogP contribution in [-0.4, -0.2) is 14.7 Å². The molecule has 2 rings (SSSR count). The van der Waals surface area contributed by atoms with Gasteiger partial charge in [0, 0.05) is 25.1 Å². The van der Waals surface area contributed by atoms with Crippen LogP contribution in [0.1, 0.15) is 18.8 Å². The number of phenolic OH excluding ortho intramolecular Hbond substituents is 1. The van der Waals surface area contributed by atoms with Crippen LogP contribution in [-0.2, 0) is 7.05 Å². The highest BCUT2D eigenvalue weighted by Crippen LogP contribution is 2.19. The molecule has 2 aromatic rings. The molecule has 0 aliphatic carbocycles. The Kier molecular flexibility index (Phi) is 2.81. The molecule has 1 aromatic carbocycles. The van der Waals surface area contributed by atoms with Crippen LogP contribution in [0, 0.1) is 0 Å². The predicted molar refractivity (Wildman–Crippen MR) is 63.4 cm³/mol. The third kappa shape index (κ3) is 2.16. The van der Waals surface area contributed by atoms with Gasteiger partial charge in [0.25, 0.3) is 0 Å². The van der Waals surface area contributed by atoms with Gasteiger partial charge in [-0.2, -0.15) is 0 Å². The Morgan fingerprint density at radius 1 is 1.31 bits per heavy atom. The number of hydrogen-bond donors (Lipinski definition) is 2. The van der Waals surface area contributed by atoms with E-state index >= 15 is 0 Å². The van der Waals surface area contributed by atoms with Crippen LogP contribution < -0.4 is 5.32 Å². The Labute approximate surface area is 94.6 Å². The van der Waals surface area contributed by atoms with Gasteiger partial charge < -0.3 is 15.0 Å². The molecule has 0 aliphatic rings. The smallest absolute Gasteiger partial charge is 0.130 e. The van der Waals surface area contributed by atoms with Crippen LogP contribution in [0.2, 0.25) is 0 Å². The number of nitrogens with zero attached hydrogens (tertiary/aromatic N) is 2. The number of rotatable bonds is 3. The standard InChI is InChI=1S/C12H15N3O/c1-9(12-13-7-8-15(12)2)14-10-3-5-11(16)6-4-10/h3-9,14,16H,1-2H3. The molecule has 2 N–H and O–H groups in total. The highest BCUT2D eigenvalue weighted by atomic mass is 16.3. The Hall–Kier alpha value is -1.97. The van der Waals surface area contributed by atoms with Crippen molar-refractivity contribution in [1.82, 2.24) is 9.55 Å². The topological polar surface area (TPSA) is 50.1 Å². The van der Waals surface area contributed by atoms with Crippen LogP contribution >= 0.6 is 0 Å². The summed E-state index contributed by atoms with van der Waals surface area (Å²) in [6.07, 6.45) is 3.70. The van der Waals surface area contributed by atoms with Gasteiger partial charge in [-0.05, 0) is 31.2 Å². The van der Waals surface area contributed by atoms with Crippen molar-refractivity contribution in [3.8, 4) is 5.75 Å². The number of anilines is 1. The lowest BCUT2D eigenvalue weighted by Gasteiger charge is -2.14. The second kappa shape index (κ2) is 4.26. The van der Waals surface area contributed by atoms with Crippen LogP contribution in [0.15, 0.2) is 36.7 Å². The summed E-state index contributed by atoms with van der Waals surface area (Å²) in [4.78, 5) is 4.28. The predicted octanol–water partition coefficient (Wildman–Crippen LogP) is 2.30. The molecule has 1 aromatic heterocycles. The molecule has 1 heterocycles. The summed E-state index contributed by atoms with van der Waals surface area (Å²) in [5, 5.41) is 12.5. The molecular formula is C12H15N3O. The SMILES string of the molecule is CC(Nc1ccc(O)cc1)c1nccn1C. The summed E-state index contributed by atoms with van der Waals surface area (Å²) in [6, 6.07) is 7.13. The minimum absolute atomic E-state index is 0.129. The van der Waals surface area contributed by atoms with Crippen molar-refractivity contribution in [1.29, 1.82) is 0 Å². The molecule has 4 heteroatoms. The average molecular weight is 217 g/mol. The molecule has 0 fully saturated rings. The average Bonchev–Trinajstić information content (AvgIpc) is 2.68. The molecule has 0 aliphatic heterocycles. The van der Waals surface area contributed by atoms with E-state index in [1.54, 1.807) is 18.3 Å². The van der Waals surface area contributed by atoms with E-state index in [1.165, 1.54) is 0 Å². The van der Waals surface area contributed by atoms with Crippen molar-refractivity contribution in [2.75, 3.05) is 5.32 Å². The Balaban J connectivity index is 2.10. The Bertz CT molecular complexity index is 461. The molecule has 1 atom stereocenters. The number of aromatic nitrogens is 2. The van der Waals surface area contributed by atoms with E-state index in [0.29, 0.717) is 0 Å². The van der Waals surface area contributed by atoms with Gasteiger partial charge in [0.05, 0.1) is 6.04 Å². The monoisotopic (exact) mass is 217 g/mol. The first-order valence-corrected chi connectivity index (χ1v) is 5.19. The fourth-order valence-corrected chi connectivity index (χ4v) is 1.67. The van der Waals surface area contributed by atoms with Crippen molar-refractivity contribution in [2.24, 2.45) is 7.05 Å². The van der Waals surface area contributed by atoms with Gasteiger partial charge in [-0.3, -0.25) is 0 Å². The molecule has 0 saturated carbocycles. The number of nitrogens with one attached hydrogen (secondary N) is 1. The van der Waals surface area contributed by atoms with Crippen LogP contribution in [0.4, 0.5) is 5.69 Å². The number of aromatic hydroxyl groups is 1. The van der Waals surface area contributed by atoms with E-state index in [2.05, 4.69) is 17.2 Å². The lowest BCUT2D eigenvalue weighted by molar-refractivity contribution is 0.475. The second-order valence-electron chi connectivity index (χ2n) is 3.81. The minimum Gasteiger partial charge on any atom is -0.508 e. The number of aryl methyl sites for hydroxylation is 1. The maximum Gasteiger partial charge on any atom is 0.130 e. The van der Waals surface area contributed by atoms with Crippen molar-refractivity contribution >= 4 is 5.69 Å². The summed E-state index contributed by atoms with van der Waals surface area (Å²) in [7, 11) is 1.97. The van der Waals surface area contributed by atoms with Gasteiger partial charge in [0.2, 0.25) is 0 Å². The van der Waals surface area contributed by atoms with Gasteiger partial charge in [-0.1, -0.05) is 0 Å². The lowest BCUT2D eigenvalue weighted by Crippen LogP contribution is -2.11. The molecule has 0 spiro atoms. The largest absolute Gasteiger partial charge is 0.508 e. The van der Waals surface area contributed by atoms with Crippen molar-refractivity contribution < 1.29 is 5.11 Å². The van der Waals surface area contributed by atoms with Crippen molar-refractivity contribution in [3.05, 3.63) is 42.5 Å². The Morgan fingerprint density at radius 3 is 2.56 bits per heavy atom. The van der Waals surface area contributed by atoms with Crippen molar-refractivity contribution in [2.45, 2.75) is 13.0 Å². The number of benzene rings is 1. The molecule has 0 amide bonds. The van der Waals surface area contributed by atoms with E-state index in [0.717, 1.165) is 11.5 Å². The van der Waals surface area contributed by atoms with Gasteiger partial charge in [-0.15, -0.1) is 0 Å². The lowest BCUT2D eigenvalue weighted by atomic mass is 10.2. The van der Waals surface area contributed by atoms with Gasteiger partial charge in [0.1, 0.15) is 11.6 Å². The van der Waals surface area contributed by atoms with Crippen LogP contribution in [0.3, 0.4) is 0 Å². The quantitative estimate of drug-likeness (QED) is 0.775. The van der Waals surface area contributed by atoms with Crippen LogP contribution in [0.25, 0.3) is 0 Å². The second-order valence-corrected chi connectivity index (χ2v) is 3.81. The van der Waals surface area contributed by atoms with E-state index in [9.17, 15) is 5.11 Å². The van der Waals surface area contributed by atoms with Crippen molar-refractivity contribution in [3.63, 3.8) is 0 Å². The molecule has 4 nitrogen and oxygen atoms in total. The Morgan fingerprint density at radius 2 is 2.00 bits per heavy atom. The first-order chi connectivity index (χ1) is 7.66. The highest BCUT2D eigenvalue weighted by molar-refractivity contribution is 5.47. The summed E-state index contributed by atoms with van der Waals surface area (Å²) >= 11 is 0. The molecular weight excluding hydrogens is 202 g/mol. The minimum atomic E-state index is 0.129. The summed E-state index contributed by atoms with van der Waals surface area (Å²) in [5.74, 6) is 1.25. The normalized spacial score (nSPS) is 12.4. The van der Waals surface area contributed by atoms with E-state index in [1.807, 2.05) is 29.9 Å². The molecule has 84 valence electrons. The molecule has 1 unspecified atom stereocenters. The first kappa shape index (κ1) is 10.5. The number of phenols is 1.